The highest BCUT2D eigenvalue weighted by Crippen LogP contribution is 2.53. The molecule has 0 radical (unpaired) electrons. The summed E-state index contributed by atoms with van der Waals surface area (Å²) in [5.41, 5.74) is 3.54. The number of amides is 1. The van der Waals surface area contributed by atoms with Crippen molar-refractivity contribution in [3.05, 3.63) is 69.8 Å². The van der Waals surface area contributed by atoms with Gasteiger partial charge in [-0.2, -0.15) is 0 Å². The summed E-state index contributed by atoms with van der Waals surface area (Å²) >= 11 is 0. The van der Waals surface area contributed by atoms with Gasteiger partial charge in [-0.25, -0.2) is 0 Å². The Labute approximate surface area is 223 Å². The van der Waals surface area contributed by atoms with Gasteiger partial charge in [-0.3, -0.25) is 24.3 Å². The number of aromatic nitrogens is 1. The average molecular weight is 536 g/mol. The molecule has 11 nitrogen and oxygen atoms in total. The Balaban J connectivity index is 1.76. The van der Waals surface area contributed by atoms with Gasteiger partial charge < -0.3 is 30.9 Å². The molecular weight excluding hydrogens is 506 g/mol. The smallest absolute Gasteiger partial charge is 0.255 e. The highest BCUT2D eigenvalue weighted by Gasteiger charge is 2.63. The van der Waals surface area contributed by atoms with E-state index in [1.165, 1.54) is 12.0 Å². The van der Waals surface area contributed by atoms with E-state index < -0.39 is 58.0 Å². The number of carbonyl (C=O) groups is 3. The molecule has 1 aromatic carbocycles. The van der Waals surface area contributed by atoms with Crippen LogP contribution in [-0.2, 0) is 27.4 Å². The lowest BCUT2D eigenvalue weighted by Gasteiger charge is -2.50. The minimum Gasteiger partial charge on any atom is -0.510 e. The fourth-order valence-electron chi connectivity index (χ4n) is 6.39. The number of ketones is 2. The summed E-state index contributed by atoms with van der Waals surface area (Å²) in [6, 6.07) is 5.97. The summed E-state index contributed by atoms with van der Waals surface area (Å²) in [5.74, 6) is -6.91. The van der Waals surface area contributed by atoms with Gasteiger partial charge in [-0.15, -0.1) is 0 Å². The van der Waals surface area contributed by atoms with Crippen LogP contribution in [0.4, 0.5) is 0 Å². The van der Waals surface area contributed by atoms with Gasteiger partial charge in [-0.1, -0.05) is 6.07 Å². The summed E-state index contributed by atoms with van der Waals surface area (Å²) in [7, 11) is 4.61. The van der Waals surface area contributed by atoms with Crippen LogP contribution < -0.4 is 5.73 Å². The van der Waals surface area contributed by atoms with Crippen LogP contribution in [0.5, 0.6) is 5.75 Å². The number of carbonyl (C=O) groups excluding carboxylic acids is 3. The number of likely N-dealkylation sites (N-methyl/N-ethyl adjacent to an activating group) is 1. The van der Waals surface area contributed by atoms with Crippen molar-refractivity contribution in [3.8, 4) is 17.0 Å². The quantitative estimate of drug-likeness (QED) is 0.350. The number of allylic oxidation sites excluding steroid dienone is 1. The number of Topliss-reactive ketones (excluding diaryl/α,β-unsaturated/α-hetero) is 2. The van der Waals surface area contributed by atoms with Crippen molar-refractivity contribution in [2.75, 3.05) is 21.2 Å². The van der Waals surface area contributed by atoms with Crippen LogP contribution in [0, 0.1) is 11.8 Å². The van der Waals surface area contributed by atoms with Gasteiger partial charge in [-0.05, 0) is 56.6 Å². The largest absolute Gasteiger partial charge is 0.510 e. The normalized spacial score (nSPS) is 26.4. The summed E-state index contributed by atoms with van der Waals surface area (Å²) in [6.45, 7) is -0.0122. The van der Waals surface area contributed by atoms with E-state index in [1.807, 2.05) is 0 Å². The molecule has 39 heavy (non-hydrogen) atoms. The first-order valence-corrected chi connectivity index (χ1v) is 12.4. The molecule has 204 valence electrons. The zero-order valence-corrected chi connectivity index (χ0v) is 21.6. The second-order valence-electron chi connectivity index (χ2n) is 10.4. The first-order valence-electron chi connectivity index (χ1n) is 12.4. The van der Waals surface area contributed by atoms with Gasteiger partial charge in [0.15, 0.2) is 11.4 Å². The Kier molecular flexibility index (Phi) is 6.33. The van der Waals surface area contributed by atoms with Crippen LogP contribution in [0.2, 0.25) is 0 Å². The summed E-state index contributed by atoms with van der Waals surface area (Å²) in [4.78, 5) is 45.5. The minimum absolute atomic E-state index is 0.00794. The number of aliphatic hydroxyl groups excluding tert-OH is 2. The van der Waals surface area contributed by atoms with Gasteiger partial charge in [0.25, 0.3) is 5.91 Å². The lowest BCUT2D eigenvalue weighted by molar-refractivity contribution is -0.148. The first-order chi connectivity index (χ1) is 18.4. The third-order valence-corrected chi connectivity index (χ3v) is 8.04. The summed E-state index contributed by atoms with van der Waals surface area (Å²) in [5, 5.41) is 45.2. The molecule has 0 saturated heterocycles. The van der Waals surface area contributed by atoms with Crippen molar-refractivity contribution in [2.24, 2.45) is 17.6 Å². The standard InChI is InChI=1S/C28H29N3O8/c1-31(2)21-16-10-12-8-15-14(17-6-4-5-7-30-17)9-13(11-39-3)22(32)19(15)23(33)18(12)25(35)28(16,38)26(36)20(24(21)34)27(29)37/h4-7,9,12,16,21,32,34-35,38H,8,10-11H2,1-3H3,(H2,29,37)/t12-,16-,21+,28-/m0/s1. The number of benzene rings is 1. The van der Waals surface area contributed by atoms with Crippen LogP contribution >= 0.6 is 0 Å². The summed E-state index contributed by atoms with van der Waals surface area (Å²) in [6.07, 6.45) is 1.78. The van der Waals surface area contributed by atoms with E-state index >= 15 is 0 Å². The maximum atomic E-state index is 14.0. The number of methoxy groups -OCH3 is 1. The number of nitrogens with two attached hydrogens (primary N) is 1. The molecular formula is C28H29N3O8. The molecule has 3 aliphatic carbocycles. The number of hydrogen-bond donors (Lipinski definition) is 5. The van der Waals surface area contributed by atoms with E-state index in [2.05, 4.69) is 4.98 Å². The number of aromatic hydroxyl groups is 1. The topological polar surface area (TPSA) is 184 Å². The fraction of sp³-hybridized carbons (Fsp3) is 0.357. The number of phenolic OH excluding ortho intramolecular Hbond substituents is 1. The van der Waals surface area contributed by atoms with Crippen molar-refractivity contribution in [1.82, 2.24) is 9.88 Å². The molecule has 1 amide bonds. The SMILES string of the molecule is COCc1cc(-c2ccccn2)c2c(c1O)C(=O)C1=C(O)[C@]3(O)C(=O)C(C(N)=O)=C(O)[C@H](N(C)C)[C@@H]3C[C@@H]1C2. The van der Waals surface area contributed by atoms with Gasteiger partial charge in [0.1, 0.15) is 22.8 Å². The van der Waals surface area contributed by atoms with Crippen LogP contribution in [0.1, 0.15) is 27.9 Å². The van der Waals surface area contributed by atoms with Crippen LogP contribution in [-0.4, -0.2) is 80.6 Å². The first kappa shape index (κ1) is 26.5. The lowest BCUT2D eigenvalue weighted by atomic mass is 9.58. The highest BCUT2D eigenvalue weighted by molar-refractivity contribution is 6.25. The average Bonchev–Trinajstić information content (AvgIpc) is 2.88. The van der Waals surface area contributed by atoms with Gasteiger partial charge in [0.05, 0.1) is 23.9 Å². The van der Waals surface area contributed by atoms with E-state index in [0.717, 1.165) is 0 Å². The van der Waals surface area contributed by atoms with Crippen LogP contribution in [0.3, 0.4) is 0 Å². The molecule has 0 fully saturated rings. The number of fused-ring (bicyclic) bond motifs is 3. The third-order valence-electron chi connectivity index (χ3n) is 8.04. The van der Waals surface area contributed by atoms with Crippen LogP contribution in [0.25, 0.3) is 11.3 Å². The Morgan fingerprint density at radius 3 is 2.54 bits per heavy atom. The Hall–Kier alpha value is -4.06. The molecule has 1 heterocycles. The van der Waals surface area contributed by atoms with E-state index in [9.17, 15) is 34.8 Å². The molecule has 0 aliphatic heterocycles. The van der Waals surface area contributed by atoms with Gasteiger partial charge in [0, 0.05) is 35.9 Å². The third kappa shape index (κ3) is 3.68. The Morgan fingerprint density at radius 2 is 1.95 bits per heavy atom. The number of nitrogens with zero attached hydrogens (tertiary/aromatic N) is 2. The molecule has 0 spiro atoms. The zero-order valence-electron chi connectivity index (χ0n) is 21.6. The van der Waals surface area contributed by atoms with E-state index in [-0.39, 0.29) is 36.3 Å². The number of hydrogen-bond acceptors (Lipinski definition) is 10. The monoisotopic (exact) mass is 535 g/mol. The zero-order chi connectivity index (χ0) is 28.4. The maximum Gasteiger partial charge on any atom is 0.255 e. The molecule has 5 rings (SSSR count). The Morgan fingerprint density at radius 1 is 1.23 bits per heavy atom. The number of ether oxygens (including phenoxy) is 1. The summed E-state index contributed by atoms with van der Waals surface area (Å²) < 4.78 is 5.22. The van der Waals surface area contributed by atoms with Crippen molar-refractivity contribution >= 4 is 17.5 Å². The molecule has 0 bridgehead atoms. The lowest BCUT2D eigenvalue weighted by Crippen LogP contribution is -2.63. The highest BCUT2D eigenvalue weighted by atomic mass is 16.5. The predicted molar refractivity (Wildman–Crippen MR) is 138 cm³/mol. The van der Waals surface area contributed by atoms with E-state index in [4.69, 9.17) is 10.5 Å². The number of aliphatic hydroxyl groups is 3. The molecule has 0 saturated carbocycles. The second-order valence-corrected chi connectivity index (χ2v) is 10.4. The van der Waals surface area contributed by atoms with E-state index in [1.54, 1.807) is 44.6 Å². The van der Waals surface area contributed by atoms with Crippen molar-refractivity contribution in [1.29, 1.82) is 0 Å². The van der Waals surface area contributed by atoms with Crippen molar-refractivity contribution in [2.45, 2.75) is 31.1 Å². The molecule has 1 aromatic heterocycles. The molecule has 11 heteroatoms. The number of phenols is 1. The minimum atomic E-state index is -2.69. The molecule has 2 aromatic rings. The van der Waals surface area contributed by atoms with Crippen LogP contribution in [0.15, 0.2) is 53.1 Å². The van der Waals surface area contributed by atoms with Crippen molar-refractivity contribution in [3.63, 3.8) is 0 Å². The molecule has 3 aliphatic rings. The van der Waals surface area contributed by atoms with E-state index in [0.29, 0.717) is 22.4 Å². The Bertz CT molecular complexity index is 1480. The molecule has 0 unspecified atom stereocenters. The number of primary amides is 1. The number of rotatable bonds is 5. The second kappa shape index (κ2) is 9.30. The number of pyridine rings is 1. The van der Waals surface area contributed by atoms with Gasteiger partial charge >= 0.3 is 0 Å². The van der Waals surface area contributed by atoms with Crippen molar-refractivity contribution < 1.29 is 39.5 Å². The fourth-order valence-corrected chi connectivity index (χ4v) is 6.39. The predicted octanol–water partition coefficient (Wildman–Crippen LogP) is 1.33. The van der Waals surface area contributed by atoms with Gasteiger partial charge in [0.2, 0.25) is 5.78 Å². The molecule has 4 atom stereocenters. The maximum absolute atomic E-state index is 14.0. The molecule has 6 N–H and O–H groups in total.